The Labute approximate surface area is 118 Å². The van der Waals surface area contributed by atoms with Crippen molar-refractivity contribution in [2.24, 2.45) is 0 Å². The number of benzene rings is 1. The number of pyridine rings is 1. The molecule has 0 radical (unpaired) electrons. The van der Waals surface area contributed by atoms with Gasteiger partial charge in [-0.1, -0.05) is 0 Å². The van der Waals surface area contributed by atoms with E-state index in [1.807, 2.05) is 18.3 Å². The highest BCUT2D eigenvalue weighted by Crippen LogP contribution is 2.22. The number of nitrogens with one attached hydrogen (secondary N) is 2. The van der Waals surface area contributed by atoms with Gasteiger partial charge in [-0.05, 0) is 51.8 Å². The predicted molar refractivity (Wildman–Crippen MR) is 77.5 cm³/mol. The molecule has 0 spiro atoms. The lowest BCUT2D eigenvalue weighted by Gasteiger charge is -2.06. The third kappa shape index (κ3) is 2.46. The molecule has 3 nitrogen and oxygen atoms in total. The van der Waals surface area contributed by atoms with Crippen molar-refractivity contribution in [1.29, 1.82) is 0 Å². The Morgan fingerprint density at radius 1 is 1.32 bits per heavy atom. The van der Waals surface area contributed by atoms with E-state index in [4.69, 9.17) is 0 Å². The van der Waals surface area contributed by atoms with E-state index >= 15 is 0 Å². The number of fused-ring (bicyclic) bond motifs is 1. The van der Waals surface area contributed by atoms with Gasteiger partial charge in [0.2, 0.25) is 0 Å². The zero-order valence-corrected chi connectivity index (χ0v) is 11.5. The smallest absolute Gasteiger partial charge is 0.137 e. The number of aromatic nitrogens is 2. The fraction of sp³-hybridized carbons (Fsp3) is 0.0714. The van der Waals surface area contributed by atoms with Crippen LogP contribution in [0, 0.1) is 5.82 Å². The molecule has 2 aromatic heterocycles. The van der Waals surface area contributed by atoms with Gasteiger partial charge in [0.25, 0.3) is 0 Å². The molecule has 0 aliphatic rings. The molecule has 0 unspecified atom stereocenters. The lowest BCUT2D eigenvalue weighted by molar-refractivity contribution is 0.621. The van der Waals surface area contributed by atoms with Gasteiger partial charge in [-0.2, -0.15) is 0 Å². The number of halogens is 2. The molecule has 0 aliphatic carbocycles. The molecule has 0 saturated carbocycles. The third-order valence-electron chi connectivity index (χ3n) is 2.94. The summed E-state index contributed by atoms with van der Waals surface area (Å²) in [6.07, 6.45) is 3.69. The van der Waals surface area contributed by atoms with Crippen LogP contribution < -0.4 is 5.32 Å². The molecule has 3 aromatic rings. The normalized spacial score (nSPS) is 10.8. The molecule has 0 amide bonds. The summed E-state index contributed by atoms with van der Waals surface area (Å²) in [7, 11) is 0. The number of hydrogen-bond donors (Lipinski definition) is 2. The summed E-state index contributed by atoms with van der Waals surface area (Å²) >= 11 is 3.17. The third-order valence-corrected chi connectivity index (χ3v) is 3.55. The molecule has 0 aliphatic heterocycles. The number of hydrogen-bond acceptors (Lipinski definition) is 2. The number of nitrogens with zero attached hydrogens (tertiary/aromatic N) is 1. The first-order chi connectivity index (χ1) is 9.24. The molecular formula is C14H11BrFN3. The molecule has 0 fully saturated rings. The van der Waals surface area contributed by atoms with Gasteiger partial charge in [0.15, 0.2) is 0 Å². The van der Waals surface area contributed by atoms with Crippen LogP contribution in [0.15, 0.2) is 47.2 Å². The highest BCUT2D eigenvalue weighted by molar-refractivity contribution is 9.10. The number of anilines is 1. The highest BCUT2D eigenvalue weighted by atomic mass is 79.9. The van der Waals surface area contributed by atoms with Crippen LogP contribution in [0.5, 0.6) is 0 Å². The molecular weight excluding hydrogens is 309 g/mol. The second kappa shape index (κ2) is 5.01. The molecule has 96 valence electrons. The van der Waals surface area contributed by atoms with Crippen molar-refractivity contribution in [1.82, 2.24) is 9.97 Å². The minimum atomic E-state index is -0.262. The first kappa shape index (κ1) is 12.2. The molecule has 19 heavy (non-hydrogen) atoms. The Balaban J connectivity index is 1.80. The second-order valence-corrected chi connectivity index (χ2v) is 5.05. The number of rotatable bonds is 3. The van der Waals surface area contributed by atoms with Crippen LogP contribution in [0.2, 0.25) is 0 Å². The number of aromatic amines is 1. The van der Waals surface area contributed by atoms with E-state index in [0.29, 0.717) is 11.0 Å². The highest BCUT2D eigenvalue weighted by Gasteiger charge is 2.04. The minimum Gasteiger partial charge on any atom is -0.381 e. The Hall–Kier alpha value is -1.88. The van der Waals surface area contributed by atoms with Crippen LogP contribution >= 0.6 is 15.9 Å². The van der Waals surface area contributed by atoms with Gasteiger partial charge in [-0.3, -0.25) is 0 Å². The van der Waals surface area contributed by atoms with Crippen LogP contribution in [-0.2, 0) is 6.54 Å². The minimum absolute atomic E-state index is 0.262. The van der Waals surface area contributed by atoms with Gasteiger partial charge in [-0.15, -0.1) is 0 Å². The fourth-order valence-electron chi connectivity index (χ4n) is 1.96. The second-order valence-electron chi connectivity index (χ2n) is 4.20. The van der Waals surface area contributed by atoms with Gasteiger partial charge in [0, 0.05) is 30.0 Å². The first-order valence-corrected chi connectivity index (χ1v) is 6.63. The van der Waals surface area contributed by atoms with Crippen molar-refractivity contribution < 1.29 is 4.39 Å². The van der Waals surface area contributed by atoms with Crippen molar-refractivity contribution in [3.05, 3.63) is 58.6 Å². The van der Waals surface area contributed by atoms with Crippen molar-refractivity contribution in [2.75, 3.05) is 5.32 Å². The Bertz CT molecular complexity index is 724. The average molecular weight is 320 g/mol. The molecule has 0 atom stereocenters. The maximum atomic E-state index is 13.1. The summed E-state index contributed by atoms with van der Waals surface area (Å²) in [5.41, 5.74) is 2.87. The lowest BCUT2D eigenvalue weighted by Crippen LogP contribution is -1.98. The SMILES string of the molecule is Fc1ccc(NCc2c[nH]c3ncccc23)cc1Br. The molecule has 0 bridgehead atoms. The first-order valence-electron chi connectivity index (χ1n) is 5.84. The van der Waals surface area contributed by atoms with Crippen LogP contribution in [-0.4, -0.2) is 9.97 Å². The maximum absolute atomic E-state index is 13.1. The van der Waals surface area contributed by atoms with E-state index in [1.165, 1.54) is 6.07 Å². The van der Waals surface area contributed by atoms with Crippen molar-refractivity contribution in [3.63, 3.8) is 0 Å². The molecule has 0 saturated heterocycles. The van der Waals surface area contributed by atoms with E-state index in [0.717, 1.165) is 22.3 Å². The van der Waals surface area contributed by atoms with Crippen LogP contribution in [0.25, 0.3) is 11.0 Å². The monoisotopic (exact) mass is 319 g/mol. The van der Waals surface area contributed by atoms with Crippen LogP contribution in [0.4, 0.5) is 10.1 Å². The van der Waals surface area contributed by atoms with Crippen molar-refractivity contribution in [3.8, 4) is 0 Å². The number of H-pyrrole nitrogens is 1. The summed E-state index contributed by atoms with van der Waals surface area (Å²) in [5.74, 6) is -0.262. The Kier molecular flexibility index (Phi) is 3.21. The van der Waals surface area contributed by atoms with Crippen molar-refractivity contribution in [2.45, 2.75) is 6.54 Å². The summed E-state index contributed by atoms with van der Waals surface area (Å²) in [5, 5.41) is 4.36. The van der Waals surface area contributed by atoms with Gasteiger partial charge >= 0.3 is 0 Å². The molecule has 5 heteroatoms. The van der Waals surface area contributed by atoms with Crippen LogP contribution in [0.1, 0.15) is 5.56 Å². The molecule has 3 rings (SSSR count). The molecule has 2 heterocycles. The Morgan fingerprint density at radius 2 is 2.21 bits per heavy atom. The standard InChI is InChI=1S/C14H11BrFN3/c15-12-6-10(3-4-13(12)16)18-7-9-8-19-14-11(9)2-1-5-17-14/h1-6,8,18H,7H2,(H,17,19). The van der Waals surface area contributed by atoms with E-state index < -0.39 is 0 Å². The maximum Gasteiger partial charge on any atom is 0.137 e. The summed E-state index contributed by atoms with van der Waals surface area (Å²) in [4.78, 5) is 7.37. The fourth-order valence-corrected chi connectivity index (χ4v) is 2.34. The zero-order chi connectivity index (χ0) is 13.2. The van der Waals surface area contributed by atoms with Crippen LogP contribution in [0.3, 0.4) is 0 Å². The predicted octanol–water partition coefficient (Wildman–Crippen LogP) is 4.08. The largest absolute Gasteiger partial charge is 0.381 e. The lowest BCUT2D eigenvalue weighted by atomic mass is 10.2. The van der Waals surface area contributed by atoms with E-state index in [1.54, 1.807) is 18.3 Å². The van der Waals surface area contributed by atoms with Gasteiger partial charge in [0.05, 0.1) is 4.47 Å². The van der Waals surface area contributed by atoms with E-state index in [9.17, 15) is 4.39 Å². The summed E-state index contributed by atoms with van der Waals surface area (Å²) < 4.78 is 13.6. The Morgan fingerprint density at radius 3 is 3.05 bits per heavy atom. The zero-order valence-electron chi connectivity index (χ0n) is 9.95. The van der Waals surface area contributed by atoms with Gasteiger partial charge in [0.1, 0.15) is 11.5 Å². The van der Waals surface area contributed by atoms with Crippen molar-refractivity contribution >= 4 is 32.7 Å². The van der Waals surface area contributed by atoms with E-state index in [2.05, 4.69) is 31.2 Å². The van der Waals surface area contributed by atoms with Gasteiger partial charge < -0.3 is 10.3 Å². The average Bonchev–Trinajstić information content (AvgIpc) is 2.83. The summed E-state index contributed by atoms with van der Waals surface area (Å²) in [6, 6.07) is 8.81. The quantitative estimate of drug-likeness (QED) is 0.763. The topological polar surface area (TPSA) is 40.7 Å². The molecule has 2 N–H and O–H groups in total. The van der Waals surface area contributed by atoms with Gasteiger partial charge in [-0.25, -0.2) is 9.37 Å². The van der Waals surface area contributed by atoms with E-state index in [-0.39, 0.29) is 5.82 Å². The summed E-state index contributed by atoms with van der Waals surface area (Å²) in [6.45, 7) is 0.657. The molecule has 1 aromatic carbocycles.